The maximum atomic E-state index is 13.0. The van der Waals surface area contributed by atoms with Crippen LogP contribution in [0.15, 0.2) is 28.6 Å². The van der Waals surface area contributed by atoms with E-state index in [9.17, 15) is 9.59 Å². The summed E-state index contributed by atoms with van der Waals surface area (Å²) in [6.07, 6.45) is 5.50. The first-order valence-corrected chi connectivity index (χ1v) is 16.1. The molecule has 2 fully saturated rings. The minimum absolute atomic E-state index is 0.0129. The zero-order valence-corrected chi connectivity index (χ0v) is 24.9. The van der Waals surface area contributed by atoms with Crippen molar-refractivity contribution < 1.29 is 9.53 Å². The molecule has 5 aromatic heterocycles. The molecule has 1 aliphatic carbocycles. The van der Waals surface area contributed by atoms with E-state index in [1.807, 2.05) is 11.4 Å². The number of nitrogens with two attached hydrogens (primary N) is 2. The number of rotatable bonds is 7. The molecule has 0 radical (unpaired) electrons. The molecule has 6 N–H and O–H groups in total. The van der Waals surface area contributed by atoms with E-state index < -0.39 is 5.91 Å². The molecular formula is C26H28N10O3S3. The predicted molar refractivity (Wildman–Crippen MR) is 167 cm³/mol. The lowest BCUT2D eigenvalue weighted by molar-refractivity contribution is 0.100. The molecule has 218 valence electrons. The summed E-state index contributed by atoms with van der Waals surface area (Å²) < 4.78 is 13.3. The van der Waals surface area contributed by atoms with Crippen molar-refractivity contribution >= 4 is 77.7 Å². The van der Waals surface area contributed by atoms with E-state index in [1.165, 1.54) is 29.2 Å². The summed E-state index contributed by atoms with van der Waals surface area (Å²) in [6.45, 7) is 2.80. The number of ether oxygens (including phenoxy) is 1. The highest BCUT2D eigenvalue weighted by molar-refractivity contribution is 7.29. The van der Waals surface area contributed by atoms with Crippen molar-refractivity contribution in [3.8, 4) is 10.4 Å². The number of hydrogen-bond donors (Lipinski definition) is 4. The van der Waals surface area contributed by atoms with Gasteiger partial charge in [0.2, 0.25) is 5.95 Å². The first-order valence-electron chi connectivity index (χ1n) is 13.6. The quantitative estimate of drug-likeness (QED) is 0.209. The maximum Gasteiger partial charge on any atom is 0.256 e. The molecule has 0 unspecified atom stereocenters. The summed E-state index contributed by atoms with van der Waals surface area (Å²) in [5, 5.41) is 17.7. The molecule has 13 nitrogen and oxygen atoms in total. The number of hydrogen-bond acceptors (Lipinski definition) is 14. The van der Waals surface area contributed by atoms with Crippen LogP contribution >= 0.6 is 34.2 Å². The molecule has 0 spiro atoms. The fourth-order valence-corrected chi connectivity index (χ4v) is 8.66. The third kappa shape index (κ3) is 4.98. The molecule has 1 saturated heterocycles. The smallest absolute Gasteiger partial charge is 0.256 e. The van der Waals surface area contributed by atoms with Crippen LogP contribution in [-0.4, -0.2) is 68.2 Å². The molecule has 2 atom stereocenters. The summed E-state index contributed by atoms with van der Waals surface area (Å²) in [4.78, 5) is 33.4. The van der Waals surface area contributed by atoms with Gasteiger partial charge < -0.3 is 31.7 Å². The van der Waals surface area contributed by atoms with Crippen LogP contribution in [0.4, 0.5) is 22.6 Å². The van der Waals surface area contributed by atoms with Crippen LogP contribution in [0.3, 0.4) is 0 Å². The van der Waals surface area contributed by atoms with Crippen LogP contribution in [0.1, 0.15) is 36.0 Å². The number of amides is 1. The normalized spacial score (nSPS) is 19.4. The third-order valence-electron chi connectivity index (χ3n) is 7.61. The Bertz CT molecular complexity index is 1840. The van der Waals surface area contributed by atoms with Crippen molar-refractivity contribution in [2.45, 2.75) is 37.8 Å². The van der Waals surface area contributed by atoms with Gasteiger partial charge in [-0.05, 0) is 24.4 Å². The summed E-state index contributed by atoms with van der Waals surface area (Å²) >= 11 is 4.34. The number of anilines is 4. The molecule has 16 heteroatoms. The van der Waals surface area contributed by atoms with Gasteiger partial charge in [0.1, 0.15) is 17.7 Å². The number of aromatic nitrogens is 5. The van der Waals surface area contributed by atoms with Gasteiger partial charge in [-0.1, -0.05) is 12.8 Å². The lowest BCUT2D eigenvalue weighted by Gasteiger charge is -2.30. The van der Waals surface area contributed by atoms with Crippen molar-refractivity contribution in [3.63, 3.8) is 0 Å². The van der Waals surface area contributed by atoms with Gasteiger partial charge in [0.15, 0.2) is 16.9 Å². The third-order valence-corrected chi connectivity index (χ3v) is 10.8. The van der Waals surface area contributed by atoms with Crippen LogP contribution in [-0.2, 0) is 4.74 Å². The monoisotopic (exact) mass is 624 g/mol. The largest absolute Gasteiger partial charge is 0.378 e. The zero-order chi connectivity index (χ0) is 28.8. The second-order valence-electron chi connectivity index (χ2n) is 10.3. The average molecular weight is 625 g/mol. The number of nitrogens with one attached hydrogen (secondary N) is 2. The first kappa shape index (κ1) is 27.2. The standard InChI is InChI=1S/C26H28N10O3S3/c27-14-3-1-2-4-15(14)30-26-32-24(20(23(28)38)25-33-29-12-36(25)26)31-18-10-17(42-34-18)13-11-40-22-16(37)9-19(41-21(13)22)35-5-7-39-8-6-35/h9-12,14-15H,1-8,27H2,(H2,28,38)(H,30,32)(H,31,34)/t14-,15+/m1/s1. The number of carbonyl (C=O) groups excluding carboxylic acids is 1. The Balaban J connectivity index is 1.23. The number of morpholine rings is 1. The summed E-state index contributed by atoms with van der Waals surface area (Å²) in [6, 6.07) is 3.62. The van der Waals surface area contributed by atoms with Crippen molar-refractivity contribution in [1.82, 2.24) is 24.0 Å². The van der Waals surface area contributed by atoms with Crippen molar-refractivity contribution in [2.75, 3.05) is 41.8 Å². The van der Waals surface area contributed by atoms with E-state index in [2.05, 4.69) is 30.1 Å². The van der Waals surface area contributed by atoms with Gasteiger partial charge in [-0.2, -0.15) is 9.36 Å². The Hall–Kier alpha value is -3.70. The fraction of sp³-hybridized carbons (Fsp3) is 0.385. The van der Waals surface area contributed by atoms with Crippen molar-refractivity contribution in [1.29, 1.82) is 0 Å². The summed E-state index contributed by atoms with van der Waals surface area (Å²) in [7, 11) is 0. The predicted octanol–water partition coefficient (Wildman–Crippen LogP) is 3.25. The SMILES string of the molecule is NC(=O)c1c(Nc2cc(-c3csc4c(=O)cc(N5CCOCC5)sc34)sn2)nc(N[C@H]2CCCC[C@H]2N)n2cnnc12. The van der Waals surface area contributed by atoms with E-state index in [1.54, 1.807) is 21.8 Å². The highest BCUT2D eigenvalue weighted by Gasteiger charge is 2.26. The number of nitrogens with zero attached hydrogens (tertiary/aromatic N) is 6. The van der Waals surface area contributed by atoms with Gasteiger partial charge in [0.25, 0.3) is 5.91 Å². The van der Waals surface area contributed by atoms with Gasteiger partial charge >= 0.3 is 0 Å². The number of primary amides is 1. The Labute approximate surface area is 251 Å². The minimum Gasteiger partial charge on any atom is -0.378 e. The Morgan fingerprint density at radius 1 is 1.14 bits per heavy atom. The lowest BCUT2D eigenvalue weighted by atomic mass is 9.91. The minimum atomic E-state index is -0.691. The van der Waals surface area contributed by atoms with Crippen LogP contribution in [0.5, 0.6) is 0 Å². The lowest BCUT2D eigenvalue weighted by Crippen LogP contribution is -2.43. The van der Waals surface area contributed by atoms with Crippen LogP contribution in [0.2, 0.25) is 0 Å². The van der Waals surface area contributed by atoms with Gasteiger partial charge in [-0.25, -0.2) is 0 Å². The highest BCUT2D eigenvalue weighted by atomic mass is 32.1. The molecule has 2 aliphatic rings. The molecule has 1 saturated carbocycles. The Morgan fingerprint density at radius 2 is 1.98 bits per heavy atom. The number of carbonyl (C=O) groups is 1. The molecule has 5 aromatic rings. The second-order valence-corrected chi connectivity index (χ2v) is 13.0. The Morgan fingerprint density at radius 3 is 2.79 bits per heavy atom. The fourth-order valence-electron chi connectivity index (χ4n) is 5.43. The van der Waals surface area contributed by atoms with E-state index in [4.69, 9.17) is 21.2 Å². The molecule has 1 aliphatic heterocycles. The van der Waals surface area contributed by atoms with Crippen LogP contribution in [0, 0.1) is 0 Å². The molecule has 0 bridgehead atoms. The highest BCUT2D eigenvalue weighted by Crippen LogP contribution is 2.41. The number of fused-ring (bicyclic) bond motifs is 2. The maximum absolute atomic E-state index is 13.0. The molecule has 0 aromatic carbocycles. The van der Waals surface area contributed by atoms with Crippen molar-refractivity contribution in [3.05, 3.63) is 39.6 Å². The van der Waals surface area contributed by atoms with Crippen LogP contribution < -0.4 is 32.4 Å². The Kier molecular flexibility index (Phi) is 7.23. The molecule has 1 amide bonds. The van der Waals surface area contributed by atoms with Crippen molar-refractivity contribution in [2.24, 2.45) is 11.5 Å². The molecule has 7 rings (SSSR count). The number of thiophene rings is 1. The van der Waals surface area contributed by atoms with Gasteiger partial charge in [0.05, 0.1) is 32.5 Å². The van der Waals surface area contributed by atoms with Gasteiger partial charge in [0, 0.05) is 48.2 Å². The van der Waals surface area contributed by atoms with E-state index >= 15 is 0 Å². The van der Waals surface area contributed by atoms with E-state index in [0.29, 0.717) is 25.0 Å². The summed E-state index contributed by atoms with van der Waals surface area (Å²) in [5.41, 5.74) is 13.5. The summed E-state index contributed by atoms with van der Waals surface area (Å²) in [5.74, 6) is 0.486. The molecule has 6 heterocycles. The van der Waals surface area contributed by atoms with Gasteiger partial charge in [-0.3, -0.25) is 14.0 Å². The van der Waals surface area contributed by atoms with Gasteiger partial charge in [-0.15, -0.1) is 32.9 Å². The topological polar surface area (TPSA) is 179 Å². The zero-order valence-electron chi connectivity index (χ0n) is 22.4. The first-order chi connectivity index (χ1) is 20.5. The molecule has 42 heavy (non-hydrogen) atoms. The molecular weight excluding hydrogens is 597 g/mol. The second kappa shape index (κ2) is 11.2. The van der Waals surface area contributed by atoms with E-state index in [0.717, 1.165) is 63.6 Å². The average Bonchev–Trinajstić information content (AvgIpc) is 3.75. The van der Waals surface area contributed by atoms with E-state index in [-0.39, 0.29) is 34.5 Å². The van der Waals surface area contributed by atoms with Crippen LogP contribution in [0.25, 0.3) is 25.5 Å².